The number of anilines is 1. The third-order valence-corrected chi connectivity index (χ3v) is 5.67. The number of pyridine rings is 1. The number of nitrogens with zero attached hydrogens (tertiary/aromatic N) is 5. The maximum atomic E-state index is 12.7. The van der Waals surface area contributed by atoms with E-state index in [1.807, 2.05) is 23.1 Å². The highest BCUT2D eigenvalue weighted by molar-refractivity contribution is 7.98. The molecule has 0 aliphatic rings. The number of rotatable bonds is 6. The minimum absolute atomic E-state index is 0.156. The minimum Gasteiger partial charge on any atom is -0.399 e. The van der Waals surface area contributed by atoms with Gasteiger partial charge in [0.15, 0.2) is 0 Å². The summed E-state index contributed by atoms with van der Waals surface area (Å²) in [5.41, 5.74) is 14.3. The summed E-state index contributed by atoms with van der Waals surface area (Å²) in [6, 6.07) is 8.87. The van der Waals surface area contributed by atoms with E-state index in [9.17, 15) is 9.59 Å². The fraction of sp³-hybridized carbons (Fsp3) is 0.136. The molecule has 0 unspecified atom stereocenters. The second-order valence-corrected chi connectivity index (χ2v) is 8.02. The van der Waals surface area contributed by atoms with Crippen molar-refractivity contribution in [3.63, 3.8) is 0 Å². The van der Waals surface area contributed by atoms with Crippen molar-refractivity contribution in [3.05, 3.63) is 60.7 Å². The highest BCUT2D eigenvalue weighted by Crippen LogP contribution is 2.31. The van der Waals surface area contributed by atoms with Crippen molar-refractivity contribution in [2.75, 3.05) is 25.6 Å². The standard InChI is InChI=1S/C22H21N7O2S/c1-28(12-20(24)30)21(31)13-3-4-16-18(7-13)29(11-19(16)32-2)22-26-9-14(10-27-22)17-8-15(23)5-6-25-17/h3-11H,12H2,1-2H3,(H2,23,25)(H2,24,30). The summed E-state index contributed by atoms with van der Waals surface area (Å²) in [5.74, 6) is -0.413. The SMILES string of the molecule is CSc1cn(-c2ncc(-c3cc(N)ccn3)cn2)c2cc(C(=O)N(C)CC(N)=O)ccc12. The Labute approximate surface area is 188 Å². The van der Waals surface area contributed by atoms with Crippen molar-refractivity contribution < 1.29 is 9.59 Å². The van der Waals surface area contributed by atoms with Gasteiger partial charge in [-0.15, -0.1) is 11.8 Å². The Morgan fingerprint density at radius 3 is 2.53 bits per heavy atom. The van der Waals surface area contributed by atoms with Gasteiger partial charge in [-0.05, 0) is 30.5 Å². The average Bonchev–Trinajstić information content (AvgIpc) is 3.16. The van der Waals surface area contributed by atoms with Crippen LogP contribution in [-0.2, 0) is 4.79 Å². The number of nitrogens with two attached hydrogens (primary N) is 2. The van der Waals surface area contributed by atoms with Crippen LogP contribution in [0.5, 0.6) is 0 Å². The van der Waals surface area contributed by atoms with Gasteiger partial charge < -0.3 is 16.4 Å². The van der Waals surface area contributed by atoms with Gasteiger partial charge in [-0.25, -0.2) is 9.97 Å². The quantitative estimate of drug-likeness (QED) is 0.433. The molecule has 3 heterocycles. The number of carbonyl (C=O) groups excluding carboxylic acids is 2. The smallest absolute Gasteiger partial charge is 0.254 e. The predicted octanol–water partition coefficient (Wildman–Crippen LogP) is 2.34. The van der Waals surface area contributed by atoms with E-state index in [1.54, 1.807) is 54.6 Å². The number of hydrogen-bond acceptors (Lipinski definition) is 7. The lowest BCUT2D eigenvalue weighted by molar-refractivity contribution is -0.118. The highest BCUT2D eigenvalue weighted by atomic mass is 32.2. The number of nitrogen functional groups attached to an aromatic ring is 1. The van der Waals surface area contributed by atoms with Crippen LogP contribution < -0.4 is 11.5 Å². The maximum Gasteiger partial charge on any atom is 0.254 e. The molecule has 0 aliphatic heterocycles. The molecule has 4 N–H and O–H groups in total. The number of hydrogen-bond donors (Lipinski definition) is 2. The van der Waals surface area contributed by atoms with Crippen molar-refractivity contribution in [2.24, 2.45) is 5.73 Å². The summed E-state index contributed by atoms with van der Waals surface area (Å²) in [7, 11) is 1.54. The number of aromatic nitrogens is 4. The molecule has 4 rings (SSSR count). The molecule has 0 radical (unpaired) electrons. The number of fused-ring (bicyclic) bond motifs is 1. The Kier molecular flexibility index (Phi) is 5.78. The van der Waals surface area contributed by atoms with Crippen molar-refractivity contribution in [2.45, 2.75) is 4.90 Å². The van der Waals surface area contributed by atoms with Gasteiger partial charge in [-0.1, -0.05) is 6.07 Å². The largest absolute Gasteiger partial charge is 0.399 e. The number of benzene rings is 1. The second-order valence-electron chi connectivity index (χ2n) is 7.17. The molecule has 4 aromatic rings. The molecule has 2 amide bonds. The van der Waals surface area contributed by atoms with E-state index >= 15 is 0 Å². The van der Waals surface area contributed by atoms with E-state index in [4.69, 9.17) is 11.5 Å². The van der Waals surface area contributed by atoms with Crippen molar-refractivity contribution in [1.29, 1.82) is 0 Å². The van der Waals surface area contributed by atoms with Gasteiger partial charge in [0.2, 0.25) is 11.9 Å². The van der Waals surface area contributed by atoms with E-state index in [2.05, 4.69) is 15.0 Å². The first-order valence-electron chi connectivity index (χ1n) is 9.64. The Morgan fingerprint density at radius 1 is 1.12 bits per heavy atom. The Bertz CT molecular complexity index is 1320. The van der Waals surface area contributed by atoms with Gasteiger partial charge in [-0.3, -0.25) is 19.1 Å². The number of thioether (sulfide) groups is 1. The molecule has 32 heavy (non-hydrogen) atoms. The topological polar surface area (TPSA) is 133 Å². The fourth-order valence-electron chi connectivity index (χ4n) is 3.37. The first-order valence-corrected chi connectivity index (χ1v) is 10.9. The Balaban J connectivity index is 1.75. The van der Waals surface area contributed by atoms with Crippen molar-refractivity contribution in [1.82, 2.24) is 24.4 Å². The monoisotopic (exact) mass is 447 g/mol. The van der Waals surface area contributed by atoms with Crippen molar-refractivity contribution in [3.8, 4) is 17.2 Å². The summed E-state index contributed by atoms with van der Waals surface area (Å²) >= 11 is 1.59. The van der Waals surface area contributed by atoms with Crippen LogP contribution in [0, 0.1) is 0 Å². The predicted molar refractivity (Wildman–Crippen MR) is 124 cm³/mol. The van der Waals surface area contributed by atoms with Gasteiger partial charge in [0.25, 0.3) is 5.91 Å². The molecule has 3 aromatic heterocycles. The summed E-state index contributed by atoms with van der Waals surface area (Å²) in [6.07, 6.45) is 8.92. The summed E-state index contributed by atoms with van der Waals surface area (Å²) in [6.45, 7) is -0.156. The Hall–Kier alpha value is -3.92. The normalized spacial score (nSPS) is 10.9. The highest BCUT2D eigenvalue weighted by Gasteiger charge is 2.17. The molecule has 1 aromatic carbocycles. The molecule has 0 saturated carbocycles. The van der Waals surface area contributed by atoms with Gasteiger partial charge in [0, 0.05) is 58.9 Å². The van der Waals surface area contributed by atoms with Crippen LogP contribution in [0.1, 0.15) is 10.4 Å². The van der Waals surface area contributed by atoms with Gasteiger partial charge in [-0.2, -0.15) is 0 Å². The number of carbonyl (C=O) groups is 2. The molecule has 0 fully saturated rings. The first kappa shape index (κ1) is 21.3. The average molecular weight is 448 g/mol. The lowest BCUT2D eigenvalue weighted by Crippen LogP contribution is -2.35. The number of amides is 2. The molecular weight excluding hydrogens is 426 g/mol. The molecule has 0 aliphatic carbocycles. The van der Waals surface area contributed by atoms with E-state index in [0.29, 0.717) is 22.9 Å². The maximum absolute atomic E-state index is 12.7. The van der Waals surface area contributed by atoms with E-state index < -0.39 is 5.91 Å². The van der Waals surface area contributed by atoms with E-state index in [1.165, 1.54) is 11.9 Å². The Morgan fingerprint density at radius 2 is 1.88 bits per heavy atom. The molecule has 10 heteroatoms. The van der Waals surface area contributed by atoms with Crippen LogP contribution in [0.25, 0.3) is 28.1 Å². The second kappa shape index (κ2) is 8.67. The van der Waals surface area contributed by atoms with Gasteiger partial charge in [0.05, 0.1) is 17.8 Å². The zero-order valence-corrected chi connectivity index (χ0v) is 18.3. The molecule has 0 saturated heterocycles. The van der Waals surface area contributed by atoms with Crippen LogP contribution in [-0.4, -0.2) is 56.1 Å². The molecule has 0 atom stereocenters. The minimum atomic E-state index is -0.571. The number of primary amides is 1. The zero-order chi connectivity index (χ0) is 22.8. The lowest BCUT2D eigenvalue weighted by atomic mass is 10.1. The third-order valence-electron chi connectivity index (χ3n) is 4.91. The van der Waals surface area contributed by atoms with Crippen LogP contribution in [0.15, 0.2) is 60.0 Å². The molecule has 162 valence electrons. The van der Waals surface area contributed by atoms with Crippen molar-refractivity contribution >= 4 is 40.2 Å². The lowest BCUT2D eigenvalue weighted by Gasteiger charge is -2.15. The van der Waals surface area contributed by atoms with Crippen LogP contribution in [0.3, 0.4) is 0 Å². The van der Waals surface area contributed by atoms with E-state index in [0.717, 1.165) is 21.4 Å². The molecule has 0 bridgehead atoms. The van der Waals surface area contributed by atoms with Crippen LogP contribution >= 0.6 is 11.8 Å². The molecule has 9 nitrogen and oxygen atoms in total. The molecule has 0 spiro atoms. The molecular formula is C22H21N7O2S. The number of likely N-dealkylation sites (N-methyl/N-ethyl adjacent to an activating group) is 1. The van der Waals surface area contributed by atoms with Gasteiger partial charge >= 0.3 is 0 Å². The third kappa shape index (κ3) is 4.12. The van der Waals surface area contributed by atoms with E-state index in [-0.39, 0.29) is 12.5 Å². The summed E-state index contributed by atoms with van der Waals surface area (Å²) in [4.78, 5) is 39.5. The van der Waals surface area contributed by atoms with Crippen LogP contribution in [0.4, 0.5) is 5.69 Å². The first-order chi connectivity index (χ1) is 15.4. The summed E-state index contributed by atoms with van der Waals surface area (Å²) < 4.78 is 1.84. The van der Waals surface area contributed by atoms with Crippen LogP contribution in [0.2, 0.25) is 0 Å². The van der Waals surface area contributed by atoms with Gasteiger partial charge in [0.1, 0.15) is 0 Å². The summed E-state index contributed by atoms with van der Waals surface area (Å²) in [5, 5.41) is 0.969. The zero-order valence-electron chi connectivity index (χ0n) is 17.5. The fourth-order valence-corrected chi connectivity index (χ4v) is 3.97.